The summed E-state index contributed by atoms with van der Waals surface area (Å²) in [6.45, 7) is 1.82. The first-order chi connectivity index (χ1) is 5.36. The highest BCUT2D eigenvalue weighted by molar-refractivity contribution is 5.22. The van der Waals surface area contributed by atoms with Gasteiger partial charge in [0.15, 0.2) is 5.89 Å². The largest absolute Gasteiger partial charge is 0.423 e. The van der Waals surface area contributed by atoms with Crippen LogP contribution < -0.4 is 10.9 Å². The first kappa shape index (κ1) is 6.34. The van der Waals surface area contributed by atoms with Gasteiger partial charge in [0.05, 0.1) is 0 Å². The van der Waals surface area contributed by atoms with Gasteiger partial charge < -0.3 is 4.42 Å². The van der Waals surface area contributed by atoms with Gasteiger partial charge in [-0.1, -0.05) is 6.08 Å². The molecule has 3 heteroatoms. The lowest BCUT2D eigenvalue weighted by Crippen LogP contribution is -2.21. The number of aryl methyl sites for hydroxylation is 1. The quantitative estimate of drug-likeness (QED) is 0.530. The van der Waals surface area contributed by atoms with E-state index in [0.717, 1.165) is 11.8 Å². The predicted molar refractivity (Wildman–Crippen MR) is 40.2 cm³/mol. The van der Waals surface area contributed by atoms with Crippen molar-refractivity contribution in [2.24, 2.45) is 4.99 Å². The molecule has 3 nitrogen and oxygen atoms in total. The number of allylic oxidation sites excluding steroid dienone is 1. The Bertz CT molecular complexity index is 400. The zero-order valence-electron chi connectivity index (χ0n) is 6.24. The van der Waals surface area contributed by atoms with E-state index in [9.17, 15) is 0 Å². The van der Waals surface area contributed by atoms with Crippen LogP contribution in [0.15, 0.2) is 21.7 Å². The molecule has 0 amide bonds. The molecule has 0 aliphatic carbocycles. The Balaban J connectivity index is 2.79. The average molecular weight is 148 g/mol. The lowest BCUT2D eigenvalue weighted by atomic mass is 10.4. The van der Waals surface area contributed by atoms with Crippen molar-refractivity contribution in [3.63, 3.8) is 0 Å². The summed E-state index contributed by atoms with van der Waals surface area (Å²) in [4.78, 5) is 8.22. The summed E-state index contributed by atoms with van der Waals surface area (Å²) < 4.78 is 5.23. The molecule has 2 rings (SSSR count). The summed E-state index contributed by atoms with van der Waals surface area (Å²) in [6.07, 6.45) is 6.58. The molecular weight excluding hydrogens is 140 g/mol. The van der Waals surface area contributed by atoms with Crippen LogP contribution in [0.1, 0.15) is 12.3 Å². The molecule has 1 aliphatic rings. The smallest absolute Gasteiger partial charge is 0.246 e. The van der Waals surface area contributed by atoms with Gasteiger partial charge in [-0.05, 0) is 12.5 Å². The van der Waals surface area contributed by atoms with Crippen LogP contribution >= 0.6 is 0 Å². The van der Waals surface area contributed by atoms with Gasteiger partial charge in [0, 0.05) is 13.1 Å². The summed E-state index contributed by atoms with van der Waals surface area (Å²) in [6, 6.07) is 0. The molecule has 56 valence electrons. The fourth-order valence-corrected chi connectivity index (χ4v) is 1.02. The van der Waals surface area contributed by atoms with E-state index in [1.165, 1.54) is 0 Å². The van der Waals surface area contributed by atoms with E-state index in [1.807, 2.05) is 19.1 Å². The van der Waals surface area contributed by atoms with Crippen LogP contribution in [0.25, 0.3) is 6.08 Å². The monoisotopic (exact) mass is 148 g/mol. The zero-order chi connectivity index (χ0) is 7.68. The number of aromatic nitrogens is 1. The molecule has 0 atom stereocenters. The summed E-state index contributed by atoms with van der Waals surface area (Å²) in [5.74, 6) is 0.672. The number of oxazole rings is 1. The second-order valence-electron chi connectivity index (χ2n) is 2.38. The molecule has 11 heavy (non-hydrogen) atoms. The molecule has 0 fully saturated rings. The molecule has 0 N–H and O–H groups in total. The third-order valence-corrected chi connectivity index (χ3v) is 1.49. The van der Waals surface area contributed by atoms with Crippen molar-refractivity contribution in [1.82, 2.24) is 4.98 Å². The molecule has 0 bridgehead atoms. The van der Waals surface area contributed by atoms with Crippen molar-refractivity contribution in [1.29, 1.82) is 0 Å². The van der Waals surface area contributed by atoms with Gasteiger partial charge in [-0.2, -0.15) is 0 Å². The minimum atomic E-state index is 0.622. The zero-order valence-corrected chi connectivity index (χ0v) is 6.24. The Morgan fingerprint density at radius 2 is 2.45 bits per heavy atom. The minimum Gasteiger partial charge on any atom is -0.423 e. The topological polar surface area (TPSA) is 38.4 Å². The second-order valence-corrected chi connectivity index (χ2v) is 2.38. The van der Waals surface area contributed by atoms with Crippen molar-refractivity contribution in [2.75, 3.05) is 0 Å². The van der Waals surface area contributed by atoms with E-state index >= 15 is 0 Å². The van der Waals surface area contributed by atoms with E-state index in [0.29, 0.717) is 11.4 Å². The molecule has 0 spiro atoms. The van der Waals surface area contributed by atoms with E-state index in [1.54, 1.807) is 6.20 Å². The van der Waals surface area contributed by atoms with Crippen molar-refractivity contribution < 1.29 is 4.42 Å². The van der Waals surface area contributed by atoms with Crippen molar-refractivity contribution >= 4 is 6.08 Å². The van der Waals surface area contributed by atoms with E-state index in [2.05, 4.69) is 9.98 Å². The van der Waals surface area contributed by atoms with Gasteiger partial charge in [0.1, 0.15) is 5.35 Å². The summed E-state index contributed by atoms with van der Waals surface area (Å²) in [7, 11) is 0. The first-order valence-corrected chi connectivity index (χ1v) is 3.53. The molecule has 1 aromatic rings. The van der Waals surface area contributed by atoms with Crippen LogP contribution in [0.2, 0.25) is 0 Å². The SMILES string of the molecule is Cc1nc2c(o1)=NC=CCC=2. The lowest BCUT2D eigenvalue weighted by Gasteiger charge is -1.73. The molecule has 0 unspecified atom stereocenters. The summed E-state index contributed by atoms with van der Waals surface area (Å²) in [5.41, 5.74) is 0.622. The minimum absolute atomic E-state index is 0.622. The highest BCUT2D eigenvalue weighted by atomic mass is 16.4. The van der Waals surface area contributed by atoms with Crippen LogP contribution in [0.3, 0.4) is 0 Å². The third kappa shape index (κ3) is 1.09. The molecule has 1 aliphatic heterocycles. The maximum Gasteiger partial charge on any atom is 0.246 e. The van der Waals surface area contributed by atoms with Crippen LogP contribution in [-0.2, 0) is 0 Å². The molecule has 0 radical (unpaired) electrons. The Morgan fingerprint density at radius 3 is 3.36 bits per heavy atom. The van der Waals surface area contributed by atoms with E-state index in [-0.39, 0.29) is 0 Å². The Kier molecular flexibility index (Phi) is 1.35. The second kappa shape index (κ2) is 2.34. The Labute approximate surface area is 63.8 Å². The van der Waals surface area contributed by atoms with E-state index in [4.69, 9.17) is 4.42 Å². The number of fused-ring (bicyclic) bond motifs is 1. The van der Waals surface area contributed by atoms with Gasteiger partial charge in [-0.25, -0.2) is 9.98 Å². The molecule has 1 aromatic heterocycles. The summed E-state index contributed by atoms with van der Waals surface area (Å²) >= 11 is 0. The predicted octanol–water partition coefficient (Wildman–Crippen LogP) is 0.301. The van der Waals surface area contributed by atoms with Crippen molar-refractivity contribution in [2.45, 2.75) is 13.3 Å². The molecule has 0 saturated carbocycles. The molecule has 2 heterocycles. The Morgan fingerprint density at radius 1 is 1.55 bits per heavy atom. The van der Waals surface area contributed by atoms with Crippen LogP contribution in [0, 0.1) is 6.92 Å². The fourth-order valence-electron chi connectivity index (χ4n) is 1.02. The molecule has 0 saturated heterocycles. The fraction of sp³-hybridized carbons (Fsp3) is 0.250. The van der Waals surface area contributed by atoms with Crippen LogP contribution in [0.4, 0.5) is 0 Å². The number of hydrogen-bond donors (Lipinski definition) is 0. The third-order valence-electron chi connectivity index (χ3n) is 1.49. The average Bonchev–Trinajstić information content (AvgIpc) is 2.17. The van der Waals surface area contributed by atoms with Crippen molar-refractivity contribution in [3.05, 3.63) is 29.1 Å². The normalized spacial score (nSPS) is 14.6. The van der Waals surface area contributed by atoms with E-state index < -0.39 is 0 Å². The van der Waals surface area contributed by atoms with Crippen LogP contribution in [-0.4, -0.2) is 4.98 Å². The van der Waals surface area contributed by atoms with Crippen molar-refractivity contribution in [3.8, 4) is 0 Å². The van der Waals surface area contributed by atoms with Gasteiger partial charge >= 0.3 is 0 Å². The lowest BCUT2D eigenvalue weighted by molar-refractivity contribution is 0.476. The number of rotatable bonds is 0. The van der Waals surface area contributed by atoms with Crippen LogP contribution in [0.5, 0.6) is 0 Å². The van der Waals surface area contributed by atoms with Gasteiger partial charge in [-0.3, -0.25) is 0 Å². The number of nitrogens with zero attached hydrogens (tertiary/aromatic N) is 2. The number of hydrogen-bond acceptors (Lipinski definition) is 3. The first-order valence-electron chi connectivity index (χ1n) is 3.53. The highest BCUT2D eigenvalue weighted by Crippen LogP contribution is 1.88. The summed E-state index contributed by atoms with van der Waals surface area (Å²) in [5, 5.41) is 0.854. The standard InChI is InChI=1S/C8H8N2O/c1-6-10-7-4-2-3-5-9-8(7)11-6/h3-5H,2H2,1H3. The Hall–Kier alpha value is -1.38. The van der Waals surface area contributed by atoms with Gasteiger partial charge in [0.25, 0.3) is 0 Å². The maximum atomic E-state index is 5.23. The molecule has 0 aromatic carbocycles. The van der Waals surface area contributed by atoms with Gasteiger partial charge in [0.2, 0.25) is 5.55 Å². The maximum absolute atomic E-state index is 5.23. The molecular formula is C8H8N2O. The highest BCUT2D eigenvalue weighted by Gasteiger charge is 1.96. The van der Waals surface area contributed by atoms with Gasteiger partial charge in [-0.15, -0.1) is 0 Å².